The topological polar surface area (TPSA) is 71.1 Å². The molecule has 1 fully saturated rings. The van der Waals surface area contributed by atoms with E-state index in [0.717, 1.165) is 37.9 Å². The highest BCUT2D eigenvalue weighted by molar-refractivity contribution is 7.89. The van der Waals surface area contributed by atoms with Crippen LogP contribution in [-0.4, -0.2) is 38.3 Å². The average molecular weight is 283 g/mol. The van der Waals surface area contributed by atoms with E-state index in [4.69, 9.17) is 0 Å². The average Bonchev–Trinajstić information content (AvgIpc) is 2.66. The number of pyridine rings is 1. The van der Waals surface area contributed by atoms with Gasteiger partial charge in [-0.15, -0.1) is 0 Å². The van der Waals surface area contributed by atoms with Crippen LogP contribution in [0.1, 0.15) is 24.8 Å². The van der Waals surface area contributed by atoms with Crippen LogP contribution in [0.25, 0.3) is 0 Å². The normalized spacial score (nSPS) is 20.9. The minimum Gasteiger partial charge on any atom is -0.315 e. The summed E-state index contributed by atoms with van der Waals surface area (Å²) in [6.07, 6.45) is 7.01. The van der Waals surface area contributed by atoms with E-state index in [-0.39, 0.29) is 11.8 Å². The Hall–Kier alpha value is -0.980. The summed E-state index contributed by atoms with van der Waals surface area (Å²) in [5.74, 6) is 0.132. The van der Waals surface area contributed by atoms with Crippen molar-refractivity contribution in [3.8, 4) is 0 Å². The number of aromatic nitrogens is 1. The molecule has 1 aliphatic heterocycles. The zero-order chi connectivity index (χ0) is 13.6. The van der Waals surface area contributed by atoms with Gasteiger partial charge in [-0.2, -0.15) is 0 Å². The van der Waals surface area contributed by atoms with Crippen molar-refractivity contribution in [1.82, 2.24) is 15.0 Å². The molecule has 1 aliphatic rings. The van der Waals surface area contributed by atoms with Gasteiger partial charge in [-0.1, -0.05) is 6.42 Å². The van der Waals surface area contributed by atoms with Gasteiger partial charge < -0.3 is 5.32 Å². The molecule has 1 aromatic rings. The molecule has 1 atom stereocenters. The first-order valence-electron chi connectivity index (χ1n) is 6.75. The molecule has 2 N–H and O–H groups in total. The van der Waals surface area contributed by atoms with Crippen molar-refractivity contribution in [1.29, 1.82) is 0 Å². The van der Waals surface area contributed by atoms with Crippen molar-refractivity contribution in [3.05, 3.63) is 30.1 Å². The molecular weight excluding hydrogens is 262 g/mol. The Balaban J connectivity index is 1.84. The Morgan fingerprint density at radius 3 is 2.89 bits per heavy atom. The lowest BCUT2D eigenvalue weighted by molar-refractivity contribution is 0.521. The predicted octanol–water partition coefficient (Wildman–Crippen LogP) is 0.686. The number of sulfonamides is 1. The van der Waals surface area contributed by atoms with Crippen LogP contribution in [0.4, 0.5) is 0 Å². The van der Waals surface area contributed by atoms with E-state index < -0.39 is 10.0 Å². The molecular formula is C13H21N3O2S. The Morgan fingerprint density at radius 2 is 2.11 bits per heavy atom. The molecule has 1 saturated heterocycles. The van der Waals surface area contributed by atoms with E-state index in [9.17, 15) is 8.42 Å². The highest BCUT2D eigenvalue weighted by atomic mass is 32.2. The molecule has 1 aromatic heterocycles. The third-order valence-electron chi connectivity index (χ3n) is 3.30. The van der Waals surface area contributed by atoms with E-state index in [1.54, 1.807) is 12.4 Å². The number of aryl methyl sites for hydroxylation is 1. The molecule has 0 saturated carbocycles. The molecule has 0 bridgehead atoms. The summed E-state index contributed by atoms with van der Waals surface area (Å²) in [5, 5.41) is 3.26. The van der Waals surface area contributed by atoms with Gasteiger partial charge >= 0.3 is 0 Å². The maximum atomic E-state index is 12.0. The molecule has 0 aliphatic carbocycles. The van der Waals surface area contributed by atoms with Crippen molar-refractivity contribution in [3.63, 3.8) is 0 Å². The number of nitrogens with zero attached hydrogens (tertiary/aromatic N) is 1. The molecule has 2 heterocycles. The highest BCUT2D eigenvalue weighted by Crippen LogP contribution is 2.06. The zero-order valence-electron chi connectivity index (χ0n) is 11.0. The predicted molar refractivity (Wildman–Crippen MR) is 75.4 cm³/mol. The summed E-state index contributed by atoms with van der Waals surface area (Å²) < 4.78 is 26.9. The fourth-order valence-corrected chi connectivity index (χ4v) is 3.57. The second-order valence-corrected chi connectivity index (χ2v) is 6.81. The highest BCUT2D eigenvalue weighted by Gasteiger charge is 2.18. The lowest BCUT2D eigenvalue weighted by atomic mass is 10.2. The summed E-state index contributed by atoms with van der Waals surface area (Å²) in [7, 11) is -3.21. The van der Waals surface area contributed by atoms with Gasteiger partial charge in [-0.25, -0.2) is 13.1 Å². The molecule has 2 rings (SSSR count). The quantitative estimate of drug-likeness (QED) is 0.834. The second kappa shape index (κ2) is 6.98. The third kappa shape index (κ3) is 5.26. The molecule has 19 heavy (non-hydrogen) atoms. The largest absolute Gasteiger partial charge is 0.315 e. The van der Waals surface area contributed by atoms with Crippen molar-refractivity contribution in [2.75, 3.05) is 18.8 Å². The fraction of sp³-hybridized carbons (Fsp3) is 0.615. The molecule has 5 nitrogen and oxygen atoms in total. The summed E-state index contributed by atoms with van der Waals surface area (Å²) >= 11 is 0. The summed E-state index contributed by atoms with van der Waals surface area (Å²) in [4.78, 5) is 3.92. The standard InChI is InChI=1S/C13H21N3O2S/c17-19(18,10-6-12-4-8-14-9-5-12)16-13-3-1-2-7-15-11-13/h4-5,8-9,13,15-16H,1-3,6-7,10-11H2. The van der Waals surface area contributed by atoms with Gasteiger partial charge in [0.25, 0.3) is 0 Å². The van der Waals surface area contributed by atoms with E-state index in [1.807, 2.05) is 12.1 Å². The Bertz CT molecular complexity index is 468. The van der Waals surface area contributed by atoms with Crippen LogP contribution in [0, 0.1) is 0 Å². The lowest BCUT2D eigenvalue weighted by Crippen LogP contribution is -2.42. The van der Waals surface area contributed by atoms with Crippen LogP contribution < -0.4 is 10.0 Å². The molecule has 0 amide bonds. The van der Waals surface area contributed by atoms with Crippen molar-refractivity contribution in [2.45, 2.75) is 31.7 Å². The van der Waals surface area contributed by atoms with E-state index in [2.05, 4.69) is 15.0 Å². The Morgan fingerprint density at radius 1 is 1.32 bits per heavy atom. The zero-order valence-corrected chi connectivity index (χ0v) is 11.8. The molecule has 0 spiro atoms. The van der Waals surface area contributed by atoms with Gasteiger partial charge in [0.15, 0.2) is 0 Å². The van der Waals surface area contributed by atoms with Gasteiger partial charge in [0.1, 0.15) is 0 Å². The monoisotopic (exact) mass is 283 g/mol. The van der Waals surface area contributed by atoms with Gasteiger partial charge in [0.2, 0.25) is 10.0 Å². The van der Waals surface area contributed by atoms with E-state index in [0.29, 0.717) is 6.42 Å². The van der Waals surface area contributed by atoms with Gasteiger partial charge in [-0.05, 0) is 43.5 Å². The van der Waals surface area contributed by atoms with E-state index in [1.165, 1.54) is 0 Å². The van der Waals surface area contributed by atoms with Gasteiger partial charge in [0, 0.05) is 25.0 Å². The van der Waals surface area contributed by atoms with Gasteiger partial charge in [-0.3, -0.25) is 4.98 Å². The number of nitrogens with one attached hydrogen (secondary N) is 2. The minimum absolute atomic E-state index is 0.0324. The fourth-order valence-electron chi connectivity index (χ4n) is 2.23. The second-order valence-electron chi connectivity index (χ2n) is 4.94. The Labute approximate surface area is 114 Å². The summed E-state index contributed by atoms with van der Waals surface area (Å²) in [5.41, 5.74) is 0.999. The maximum Gasteiger partial charge on any atom is 0.212 e. The van der Waals surface area contributed by atoms with Crippen LogP contribution in [0.2, 0.25) is 0 Å². The van der Waals surface area contributed by atoms with Crippen LogP contribution in [-0.2, 0) is 16.4 Å². The number of rotatable bonds is 5. The smallest absolute Gasteiger partial charge is 0.212 e. The molecule has 1 unspecified atom stereocenters. The lowest BCUT2D eigenvalue weighted by Gasteiger charge is -2.16. The van der Waals surface area contributed by atoms with Crippen molar-refractivity contribution >= 4 is 10.0 Å². The number of hydrogen-bond acceptors (Lipinski definition) is 4. The SMILES string of the molecule is O=S(=O)(CCc1ccncc1)NC1CCCCNC1. The van der Waals surface area contributed by atoms with Crippen LogP contribution in [0.5, 0.6) is 0 Å². The molecule has 0 radical (unpaired) electrons. The summed E-state index contributed by atoms with van der Waals surface area (Å²) in [6.45, 7) is 1.71. The van der Waals surface area contributed by atoms with Crippen LogP contribution >= 0.6 is 0 Å². The van der Waals surface area contributed by atoms with E-state index >= 15 is 0 Å². The van der Waals surface area contributed by atoms with Crippen molar-refractivity contribution in [2.24, 2.45) is 0 Å². The first-order chi connectivity index (χ1) is 9.16. The summed E-state index contributed by atoms with van der Waals surface area (Å²) in [6, 6.07) is 3.73. The van der Waals surface area contributed by atoms with Crippen LogP contribution in [0.15, 0.2) is 24.5 Å². The first kappa shape index (κ1) is 14.4. The van der Waals surface area contributed by atoms with Gasteiger partial charge in [0.05, 0.1) is 5.75 Å². The number of hydrogen-bond donors (Lipinski definition) is 2. The Kier molecular flexibility index (Phi) is 5.30. The van der Waals surface area contributed by atoms with Crippen molar-refractivity contribution < 1.29 is 8.42 Å². The molecule has 106 valence electrons. The maximum absolute atomic E-state index is 12.0. The first-order valence-corrected chi connectivity index (χ1v) is 8.40. The molecule has 0 aromatic carbocycles. The minimum atomic E-state index is -3.21. The third-order valence-corrected chi connectivity index (χ3v) is 4.74. The molecule has 6 heteroatoms. The van der Waals surface area contributed by atoms with Crippen LogP contribution in [0.3, 0.4) is 0 Å².